The molecule has 1 amide bonds. The maximum Gasteiger partial charge on any atom is 0.407 e. The van der Waals surface area contributed by atoms with E-state index in [4.69, 9.17) is 34.3 Å². The first-order valence-corrected chi connectivity index (χ1v) is 18.0. The number of piperidine rings is 1. The topological polar surface area (TPSA) is 137 Å². The van der Waals surface area contributed by atoms with E-state index in [1.807, 2.05) is 44.6 Å². The summed E-state index contributed by atoms with van der Waals surface area (Å²) in [5.74, 6) is 1.75. The average molecular weight is 675 g/mol. The van der Waals surface area contributed by atoms with Gasteiger partial charge >= 0.3 is 6.09 Å². The van der Waals surface area contributed by atoms with E-state index >= 15 is 0 Å². The number of ether oxygens (including phenoxy) is 3. The number of carbonyl (C=O) groups excluding carboxylic acids is 2. The van der Waals surface area contributed by atoms with Gasteiger partial charge < -0.3 is 34.1 Å². The molecule has 7 heterocycles. The highest BCUT2D eigenvalue weighted by Crippen LogP contribution is 2.44. The van der Waals surface area contributed by atoms with Gasteiger partial charge in [0.15, 0.2) is 23.2 Å². The third-order valence-corrected chi connectivity index (χ3v) is 10.4. The Bertz CT molecular complexity index is 1690. The molecule has 4 aliphatic heterocycles. The molecule has 3 fully saturated rings. The molecule has 3 saturated heterocycles. The molecule has 0 aromatic carbocycles. The Kier molecular flexibility index (Phi) is 9.25. The SMILES string of the molecule is CC(=O)CCc1ccc2c(n1)CCCN2c1nn(C2CCCCO2)c2nc(N3CCC4(CC3)CO[C@@H](C)[C@H]4NC(=O)OC(C)(C)C)cnc12. The van der Waals surface area contributed by atoms with Gasteiger partial charge in [0.05, 0.1) is 36.3 Å². The Hall–Kier alpha value is -3.84. The van der Waals surface area contributed by atoms with Crippen LogP contribution in [0.25, 0.3) is 11.2 Å². The second-order valence-corrected chi connectivity index (χ2v) is 15.2. The van der Waals surface area contributed by atoms with Crippen molar-refractivity contribution in [3.63, 3.8) is 0 Å². The summed E-state index contributed by atoms with van der Waals surface area (Å²) in [6, 6.07) is 4.01. The van der Waals surface area contributed by atoms with E-state index in [-0.39, 0.29) is 29.6 Å². The minimum absolute atomic E-state index is 0.0966. The van der Waals surface area contributed by atoms with E-state index in [0.29, 0.717) is 26.1 Å². The standard InChI is InChI=1S/C36H50N8O5/c1-23(45)11-12-25-13-14-27-26(38-25)9-8-17-43(27)33-30-32(44(41-33)29-10-6-7-20-47-29)39-28(21-37-30)42-18-15-36(16-19-42)22-48-24(2)31(36)40-34(46)49-35(3,4)5/h13-14,21,24,29,31H,6-12,15-20,22H2,1-5H3,(H,40,46)/t24-,29?,31+/m0/s1. The number of ketones is 1. The molecule has 1 N–H and O–H groups in total. The Morgan fingerprint density at radius 1 is 1.08 bits per heavy atom. The minimum atomic E-state index is -0.565. The number of hydrogen-bond acceptors (Lipinski definition) is 11. The molecule has 0 aliphatic carbocycles. The molecule has 3 aromatic heterocycles. The number of fused-ring (bicyclic) bond motifs is 2. The van der Waals surface area contributed by atoms with Crippen molar-refractivity contribution < 1.29 is 23.8 Å². The van der Waals surface area contributed by atoms with Gasteiger partial charge in [-0.25, -0.2) is 19.4 Å². The number of aromatic nitrogens is 5. The van der Waals surface area contributed by atoms with E-state index in [1.165, 1.54) is 0 Å². The van der Waals surface area contributed by atoms with Gasteiger partial charge in [-0.05, 0) is 98.1 Å². The summed E-state index contributed by atoms with van der Waals surface area (Å²) >= 11 is 0. The second kappa shape index (κ2) is 13.5. The summed E-state index contributed by atoms with van der Waals surface area (Å²) in [7, 11) is 0. The normalized spacial score (nSPS) is 23.9. The highest BCUT2D eigenvalue weighted by Gasteiger charge is 2.50. The zero-order valence-corrected chi connectivity index (χ0v) is 29.5. The van der Waals surface area contributed by atoms with Gasteiger partial charge in [0.2, 0.25) is 0 Å². The van der Waals surface area contributed by atoms with Crippen LogP contribution in [-0.2, 0) is 31.8 Å². The van der Waals surface area contributed by atoms with Crippen LogP contribution in [0.1, 0.15) is 97.2 Å². The molecule has 13 nitrogen and oxygen atoms in total. The number of rotatable bonds is 7. The first-order valence-electron chi connectivity index (χ1n) is 18.0. The molecule has 13 heteroatoms. The lowest BCUT2D eigenvalue weighted by Gasteiger charge is -2.42. The predicted molar refractivity (Wildman–Crippen MR) is 185 cm³/mol. The number of pyridine rings is 1. The van der Waals surface area contributed by atoms with Crippen molar-refractivity contribution >= 4 is 40.4 Å². The lowest BCUT2D eigenvalue weighted by molar-refractivity contribution is -0.117. The molecule has 1 spiro atoms. The monoisotopic (exact) mass is 674 g/mol. The highest BCUT2D eigenvalue weighted by atomic mass is 16.6. The Morgan fingerprint density at radius 3 is 2.63 bits per heavy atom. The molecular weight excluding hydrogens is 624 g/mol. The Labute approximate surface area is 288 Å². The number of Topliss-reactive ketones (excluding diaryl/α,β-unsaturated/α-hetero) is 1. The number of carbonyl (C=O) groups is 2. The van der Waals surface area contributed by atoms with Crippen molar-refractivity contribution in [3.8, 4) is 0 Å². The molecule has 3 atom stereocenters. The van der Waals surface area contributed by atoms with Crippen LogP contribution in [-0.4, -0.2) is 87.2 Å². The number of aryl methyl sites for hydroxylation is 2. The number of amides is 1. The van der Waals surface area contributed by atoms with E-state index in [9.17, 15) is 9.59 Å². The molecule has 3 aromatic rings. The van der Waals surface area contributed by atoms with Crippen molar-refractivity contribution in [2.24, 2.45) is 5.41 Å². The van der Waals surface area contributed by atoms with Crippen LogP contribution in [0.3, 0.4) is 0 Å². The summed E-state index contributed by atoms with van der Waals surface area (Å²) in [6.45, 7) is 12.9. The van der Waals surface area contributed by atoms with Crippen LogP contribution in [0.15, 0.2) is 18.3 Å². The summed E-state index contributed by atoms with van der Waals surface area (Å²) in [5.41, 5.74) is 3.74. The smallest absolute Gasteiger partial charge is 0.407 e. The molecule has 0 bridgehead atoms. The Balaban J connectivity index is 1.15. The average Bonchev–Trinajstić information content (AvgIpc) is 3.60. The Morgan fingerprint density at radius 2 is 1.90 bits per heavy atom. The van der Waals surface area contributed by atoms with Gasteiger partial charge in [-0.2, -0.15) is 0 Å². The first kappa shape index (κ1) is 33.6. The fraction of sp³-hybridized carbons (Fsp3) is 0.667. The molecule has 4 aliphatic rings. The van der Waals surface area contributed by atoms with Gasteiger partial charge in [-0.3, -0.25) is 4.98 Å². The van der Waals surface area contributed by atoms with E-state index in [0.717, 1.165) is 104 Å². The zero-order chi connectivity index (χ0) is 34.3. The van der Waals surface area contributed by atoms with E-state index < -0.39 is 11.7 Å². The molecule has 0 saturated carbocycles. The maximum atomic E-state index is 12.8. The van der Waals surface area contributed by atoms with Crippen LogP contribution in [0.5, 0.6) is 0 Å². The number of nitrogens with zero attached hydrogens (tertiary/aromatic N) is 7. The van der Waals surface area contributed by atoms with Crippen LogP contribution in [0, 0.1) is 5.41 Å². The summed E-state index contributed by atoms with van der Waals surface area (Å²) in [6.07, 6.45) is 8.82. The summed E-state index contributed by atoms with van der Waals surface area (Å²) in [5, 5.41) is 8.31. The number of nitrogens with one attached hydrogen (secondary N) is 1. The fourth-order valence-corrected chi connectivity index (χ4v) is 7.82. The van der Waals surface area contributed by atoms with Gasteiger partial charge in [-0.15, -0.1) is 5.10 Å². The quantitative estimate of drug-likeness (QED) is 0.344. The zero-order valence-electron chi connectivity index (χ0n) is 29.5. The number of hydrogen-bond donors (Lipinski definition) is 1. The van der Waals surface area contributed by atoms with Gasteiger partial charge in [0.1, 0.15) is 17.2 Å². The van der Waals surface area contributed by atoms with Crippen LogP contribution < -0.4 is 15.1 Å². The number of alkyl carbamates (subject to hydrolysis) is 1. The predicted octanol–water partition coefficient (Wildman–Crippen LogP) is 5.42. The van der Waals surface area contributed by atoms with Gasteiger partial charge in [-0.1, -0.05) is 0 Å². The van der Waals surface area contributed by atoms with E-state index in [2.05, 4.69) is 21.2 Å². The fourth-order valence-electron chi connectivity index (χ4n) is 7.82. The van der Waals surface area contributed by atoms with Crippen LogP contribution in [0.2, 0.25) is 0 Å². The van der Waals surface area contributed by atoms with Crippen molar-refractivity contribution in [2.45, 2.75) is 116 Å². The molecule has 0 radical (unpaired) electrons. The van der Waals surface area contributed by atoms with Crippen molar-refractivity contribution in [1.82, 2.24) is 30.0 Å². The third-order valence-electron chi connectivity index (χ3n) is 10.4. The maximum absolute atomic E-state index is 12.8. The molecular formula is C36H50N8O5. The van der Waals surface area contributed by atoms with E-state index in [1.54, 1.807) is 6.92 Å². The van der Waals surface area contributed by atoms with Crippen molar-refractivity contribution in [3.05, 3.63) is 29.7 Å². The highest BCUT2D eigenvalue weighted by molar-refractivity contribution is 5.88. The summed E-state index contributed by atoms with van der Waals surface area (Å²) in [4.78, 5) is 44.1. The molecule has 264 valence electrons. The molecule has 49 heavy (non-hydrogen) atoms. The second-order valence-electron chi connectivity index (χ2n) is 15.2. The lowest BCUT2D eigenvalue weighted by atomic mass is 9.73. The summed E-state index contributed by atoms with van der Waals surface area (Å²) < 4.78 is 19.9. The minimum Gasteiger partial charge on any atom is -0.444 e. The number of anilines is 3. The largest absolute Gasteiger partial charge is 0.444 e. The van der Waals surface area contributed by atoms with Crippen molar-refractivity contribution in [2.75, 3.05) is 42.6 Å². The molecule has 1 unspecified atom stereocenters. The van der Waals surface area contributed by atoms with Crippen LogP contribution in [0.4, 0.5) is 22.1 Å². The van der Waals surface area contributed by atoms with Crippen LogP contribution >= 0.6 is 0 Å². The third kappa shape index (κ3) is 6.96. The van der Waals surface area contributed by atoms with Crippen molar-refractivity contribution in [1.29, 1.82) is 0 Å². The first-order chi connectivity index (χ1) is 23.5. The lowest BCUT2D eigenvalue weighted by Crippen LogP contribution is -2.55. The molecule has 7 rings (SSSR count). The van der Waals surface area contributed by atoms with Gasteiger partial charge in [0.25, 0.3) is 0 Å². The van der Waals surface area contributed by atoms with Gasteiger partial charge in [0, 0.05) is 43.8 Å².